The number of nitrogens with one attached hydrogen (secondary N) is 1. The van der Waals surface area contributed by atoms with Crippen molar-refractivity contribution in [2.45, 2.75) is 13.1 Å². The third-order valence-electron chi connectivity index (χ3n) is 3.13. The molecule has 7 nitrogen and oxygen atoms in total. The summed E-state index contributed by atoms with van der Waals surface area (Å²) >= 11 is 0. The van der Waals surface area contributed by atoms with Crippen molar-refractivity contribution in [3.8, 4) is 0 Å². The smallest absolute Gasteiger partial charge is 0.335 e. The molecule has 0 fully saturated rings. The first-order chi connectivity index (χ1) is 9.65. The molecule has 0 unspecified atom stereocenters. The number of aromatic amines is 1. The number of hydrogen-bond acceptors (Lipinski definition) is 3. The summed E-state index contributed by atoms with van der Waals surface area (Å²) in [5, 5.41) is 13.1. The van der Waals surface area contributed by atoms with E-state index in [1.54, 1.807) is 23.0 Å². The van der Waals surface area contributed by atoms with Crippen molar-refractivity contribution in [3.63, 3.8) is 0 Å². The largest absolute Gasteiger partial charge is 0.478 e. The lowest BCUT2D eigenvalue weighted by Crippen LogP contribution is -2.19. The number of imidazole rings is 1. The number of aryl methyl sites for hydroxylation is 2. The van der Waals surface area contributed by atoms with Gasteiger partial charge < -0.3 is 10.1 Å². The molecule has 0 bridgehead atoms. The third kappa shape index (κ3) is 2.09. The van der Waals surface area contributed by atoms with Crippen molar-refractivity contribution in [1.82, 2.24) is 19.3 Å². The van der Waals surface area contributed by atoms with Gasteiger partial charge in [0.2, 0.25) is 0 Å². The van der Waals surface area contributed by atoms with Gasteiger partial charge in [-0.2, -0.15) is 5.10 Å². The van der Waals surface area contributed by atoms with Gasteiger partial charge in [0.15, 0.2) is 0 Å². The lowest BCUT2D eigenvalue weighted by Gasteiger charge is -2.04. The van der Waals surface area contributed by atoms with Crippen LogP contribution in [0, 0.1) is 0 Å². The first-order valence-corrected chi connectivity index (χ1v) is 6.08. The molecule has 102 valence electrons. The maximum absolute atomic E-state index is 11.9. The molecule has 0 atom stereocenters. The van der Waals surface area contributed by atoms with Gasteiger partial charge in [-0.3, -0.25) is 9.25 Å². The molecular formula is C13H12N4O3. The molecule has 0 saturated heterocycles. The molecule has 0 aliphatic rings. The van der Waals surface area contributed by atoms with E-state index in [0.29, 0.717) is 24.1 Å². The Balaban J connectivity index is 2.00. The van der Waals surface area contributed by atoms with Crippen LogP contribution in [0.4, 0.5) is 0 Å². The summed E-state index contributed by atoms with van der Waals surface area (Å²) in [5.74, 6) is -1.01. The highest BCUT2D eigenvalue weighted by atomic mass is 16.4. The van der Waals surface area contributed by atoms with Crippen LogP contribution in [0.3, 0.4) is 0 Å². The van der Waals surface area contributed by atoms with E-state index < -0.39 is 5.97 Å². The average molecular weight is 272 g/mol. The zero-order valence-corrected chi connectivity index (χ0v) is 10.5. The molecule has 0 spiro atoms. The second kappa shape index (κ2) is 4.69. The number of carbonyl (C=O) groups is 1. The number of rotatable bonds is 4. The Kier molecular flexibility index (Phi) is 2.86. The van der Waals surface area contributed by atoms with Crippen molar-refractivity contribution >= 4 is 17.0 Å². The van der Waals surface area contributed by atoms with E-state index in [4.69, 9.17) is 5.11 Å². The number of H-pyrrole nitrogens is 1. The normalized spacial score (nSPS) is 11.0. The lowest BCUT2D eigenvalue weighted by molar-refractivity contribution is 0.0697. The van der Waals surface area contributed by atoms with Crippen molar-refractivity contribution < 1.29 is 9.90 Å². The van der Waals surface area contributed by atoms with E-state index in [1.165, 1.54) is 16.7 Å². The number of nitrogens with zero attached hydrogens (tertiary/aromatic N) is 3. The fraction of sp³-hybridized carbons (Fsp3) is 0.154. The molecule has 0 radical (unpaired) electrons. The van der Waals surface area contributed by atoms with Crippen LogP contribution >= 0.6 is 0 Å². The highest BCUT2D eigenvalue weighted by Gasteiger charge is 2.10. The molecule has 1 aromatic carbocycles. The van der Waals surface area contributed by atoms with Gasteiger partial charge in [-0.25, -0.2) is 9.59 Å². The molecule has 3 aromatic rings. The number of hydrogen-bond donors (Lipinski definition) is 2. The van der Waals surface area contributed by atoms with E-state index in [9.17, 15) is 9.59 Å². The van der Waals surface area contributed by atoms with E-state index >= 15 is 0 Å². The average Bonchev–Trinajstić information content (AvgIpc) is 3.02. The van der Waals surface area contributed by atoms with Crippen LogP contribution in [0.1, 0.15) is 10.4 Å². The van der Waals surface area contributed by atoms with Gasteiger partial charge in [0.1, 0.15) is 0 Å². The molecule has 0 aliphatic carbocycles. The maximum Gasteiger partial charge on any atom is 0.335 e. The van der Waals surface area contributed by atoms with Gasteiger partial charge in [0.25, 0.3) is 0 Å². The van der Waals surface area contributed by atoms with Gasteiger partial charge in [-0.05, 0) is 24.3 Å². The van der Waals surface area contributed by atoms with E-state index in [0.717, 1.165) is 0 Å². The standard InChI is InChI=1S/C13H12N4O3/c18-12(19)9-2-3-10-11(8-9)17(13(20)15-10)7-6-16-5-1-4-14-16/h1-5,8H,6-7H2,(H,15,20)(H,18,19). The highest BCUT2D eigenvalue weighted by Crippen LogP contribution is 2.13. The van der Waals surface area contributed by atoms with Crippen LogP contribution < -0.4 is 5.69 Å². The Morgan fingerprint density at radius 3 is 2.90 bits per heavy atom. The Bertz CT molecular complexity index is 814. The lowest BCUT2D eigenvalue weighted by atomic mass is 10.2. The van der Waals surface area contributed by atoms with E-state index in [2.05, 4.69) is 10.1 Å². The second-order valence-electron chi connectivity index (χ2n) is 4.39. The van der Waals surface area contributed by atoms with Crippen LogP contribution in [0.5, 0.6) is 0 Å². The van der Waals surface area contributed by atoms with Crippen molar-refractivity contribution in [1.29, 1.82) is 0 Å². The summed E-state index contributed by atoms with van der Waals surface area (Å²) in [6.45, 7) is 0.959. The Hall–Kier alpha value is -2.83. The number of fused-ring (bicyclic) bond motifs is 1. The van der Waals surface area contributed by atoms with Gasteiger partial charge in [0, 0.05) is 18.9 Å². The van der Waals surface area contributed by atoms with Crippen molar-refractivity contribution in [2.24, 2.45) is 0 Å². The summed E-state index contributed by atoms with van der Waals surface area (Å²) in [7, 11) is 0. The molecule has 0 amide bonds. The number of benzene rings is 1. The van der Waals surface area contributed by atoms with Crippen LogP contribution in [0.15, 0.2) is 41.5 Å². The molecule has 20 heavy (non-hydrogen) atoms. The molecule has 2 aromatic heterocycles. The molecule has 0 aliphatic heterocycles. The topological polar surface area (TPSA) is 92.9 Å². The zero-order chi connectivity index (χ0) is 14.1. The molecular weight excluding hydrogens is 260 g/mol. The van der Waals surface area contributed by atoms with Crippen LogP contribution in [-0.4, -0.2) is 30.4 Å². The summed E-state index contributed by atoms with van der Waals surface area (Å²) in [4.78, 5) is 25.6. The predicted octanol–water partition coefficient (Wildman–Crippen LogP) is 0.924. The van der Waals surface area contributed by atoms with Crippen molar-refractivity contribution in [3.05, 3.63) is 52.7 Å². The molecule has 0 saturated carbocycles. The van der Waals surface area contributed by atoms with Crippen LogP contribution in [0.2, 0.25) is 0 Å². The minimum Gasteiger partial charge on any atom is -0.478 e. The summed E-state index contributed by atoms with van der Waals surface area (Å²) in [6, 6.07) is 6.38. The molecule has 7 heteroatoms. The fourth-order valence-corrected chi connectivity index (χ4v) is 2.14. The molecule has 3 rings (SSSR count). The number of aromatic carboxylic acids is 1. The summed E-state index contributed by atoms with van der Waals surface area (Å²) in [6.07, 6.45) is 3.48. The first kappa shape index (κ1) is 12.2. The maximum atomic E-state index is 11.9. The quantitative estimate of drug-likeness (QED) is 0.738. The van der Waals surface area contributed by atoms with Gasteiger partial charge >= 0.3 is 11.7 Å². The number of aromatic nitrogens is 4. The first-order valence-electron chi connectivity index (χ1n) is 6.08. The minimum atomic E-state index is -1.01. The second-order valence-corrected chi connectivity index (χ2v) is 4.39. The van der Waals surface area contributed by atoms with Crippen molar-refractivity contribution in [2.75, 3.05) is 0 Å². The van der Waals surface area contributed by atoms with Crippen LogP contribution in [-0.2, 0) is 13.1 Å². The Labute approximate surface area is 113 Å². The number of carboxylic acid groups (broad SMARTS) is 1. The highest BCUT2D eigenvalue weighted by molar-refractivity contribution is 5.92. The zero-order valence-electron chi connectivity index (χ0n) is 10.5. The molecule has 2 heterocycles. The summed E-state index contributed by atoms with van der Waals surface area (Å²) < 4.78 is 3.23. The van der Waals surface area contributed by atoms with Gasteiger partial charge in [0.05, 0.1) is 23.1 Å². The Morgan fingerprint density at radius 2 is 2.20 bits per heavy atom. The van der Waals surface area contributed by atoms with Gasteiger partial charge in [-0.1, -0.05) is 0 Å². The SMILES string of the molecule is O=C(O)c1ccc2[nH]c(=O)n(CCn3cccn3)c2c1. The third-order valence-corrected chi connectivity index (χ3v) is 3.13. The summed E-state index contributed by atoms with van der Waals surface area (Å²) in [5.41, 5.74) is 1.11. The van der Waals surface area contributed by atoms with Gasteiger partial charge in [-0.15, -0.1) is 0 Å². The van der Waals surface area contributed by atoms with E-state index in [1.807, 2.05) is 6.20 Å². The number of carboxylic acids is 1. The fourth-order valence-electron chi connectivity index (χ4n) is 2.14. The predicted molar refractivity (Wildman–Crippen MR) is 71.7 cm³/mol. The minimum absolute atomic E-state index is 0.157. The monoisotopic (exact) mass is 272 g/mol. The van der Waals surface area contributed by atoms with Crippen LogP contribution in [0.25, 0.3) is 11.0 Å². The Morgan fingerprint density at radius 1 is 1.35 bits per heavy atom. The van der Waals surface area contributed by atoms with E-state index in [-0.39, 0.29) is 11.3 Å². The molecule has 2 N–H and O–H groups in total.